The lowest BCUT2D eigenvalue weighted by atomic mass is 9.96. The Kier molecular flexibility index (Phi) is 12.9. The fraction of sp³-hybridized carbons (Fsp3) is 0.526. The summed E-state index contributed by atoms with van der Waals surface area (Å²) in [6.07, 6.45) is 24.1. The Labute approximate surface area is 242 Å². The Balaban J connectivity index is 1.18. The number of hydrogen-bond donors (Lipinski definition) is 0. The summed E-state index contributed by atoms with van der Waals surface area (Å²) in [5.74, 6) is 0.500. The monoisotopic (exact) mass is 536 g/mol. The molecule has 3 aromatic carbocycles. The Hall–Kier alpha value is -2.12. The molecule has 0 saturated heterocycles. The van der Waals surface area contributed by atoms with Crippen molar-refractivity contribution < 1.29 is 0 Å². The number of benzene rings is 3. The first kappa shape index (κ1) is 29.8. The van der Waals surface area contributed by atoms with Crippen molar-refractivity contribution >= 4 is 19.9 Å². The number of rotatable bonds is 19. The minimum absolute atomic E-state index is 0.500. The van der Waals surface area contributed by atoms with Gasteiger partial charge in [0.15, 0.2) is 0 Å². The molecule has 0 N–H and O–H groups in total. The van der Waals surface area contributed by atoms with Crippen molar-refractivity contribution in [3.63, 3.8) is 0 Å². The summed E-state index contributed by atoms with van der Waals surface area (Å²) in [4.78, 5) is 0. The topological polar surface area (TPSA) is 0 Å². The van der Waals surface area contributed by atoms with Crippen LogP contribution < -0.4 is 10.4 Å². The highest BCUT2D eigenvalue weighted by Crippen LogP contribution is 2.44. The molecule has 1 heteroatoms. The molecule has 0 fully saturated rings. The molecule has 0 heterocycles. The largest absolute Gasteiger partial charge is 0.121 e. The lowest BCUT2D eigenvalue weighted by molar-refractivity contribution is 0.529. The van der Waals surface area contributed by atoms with Crippen LogP contribution in [-0.2, 0) is 6.42 Å². The number of unbranched alkanes of at least 4 members (excludes halogenated alkanes) is 15. The molecule has 0 nitrogen and oxygen atoms in total. The summed E-state index contributed by atoms with van der Waals surface area (Å²) in [7, 11) is 0.746. The lowest BCUT2D eigenvalue weighted by Crippen LogP contribution is -2.30. The van der Waals surface area contributed by atoms with Gasteiger partial charge in [-0.15, -0.1) is 0 Å². The van der Waals surface area contributed by atoms with Crippen molar-refractivity contribution in [3.05, 3.63) is 83.4 Å². The first-order valence-electron chi connectivity index (χ1n) is 16.4. The highest BCUT2D eigenvalue weighted by Gasteiger charge is 2.26. The van der Waals surface area contributed by atoms with Crippen LogP contribution in [-0.4, -0.2) is 9.52 Å². The van der Waals surface area contributed by atoms with Crippen LogP contribution in [0.4, 0.5) is 0 Å². The van der Waals surface area contributed by atoms with Crippen LogP contribution in [0.15, 0.2) is 66.7 Å². The van der Waals surface area contributed by atoms with Crippen molar-refractivity contribution in [1.29, 1.82) is 0 Å². The highest BCUT2D eigenvalue weighted by atomic mass is 28.2. The van der Waals surface area contributed by atoms with Gasteiger partial charge in [-0.2, -0.15) is 0 Å². The van der Waals surface area contributed by atoms with Gasteiger partial charge in [0.2, 0.25) is 0 Å². The zero-order chi connectivity index (χ0) is 27.1. The van der Waals surface area contributed by atoms with Gasteiger partial charge in [-0.25, -0.2) is 0 Å². The van der Waals surface area contributed by atoms with E-state index >= 15 is 0 Å². The van der Waals surface area contributed by atoms with E-state index in [0.29, 0.717) is 5.92 Å². The molecule has 39 heavy (non-hydrogen) atoms. The van der Waals surface area contributed by atoms with Crippen molar-refractivity contribution in [3.8, 4) is 11.1 Å². The average molecular weight is 537 g/mol. The third-order valence-electron chi connectivity index (χ3n) is 8.81. The fourth-order valence-electron chi connectivity index (χ4n) is 6.40. The molecule has 1 unspecified atom stereocenters. The van der Waals surface area contributed by atoms with Crippen molar-refractivity contribution in [2.45, 2.75) is 129 Å². The van der Waals surface area contributed by atoms with E-state index in [2.05, 4.69) is 80.6 Å². The minimum Gasteiger partial charge on any atom is -0.0654 e. The standard InChI is InChI=1S/C38H52Si/c1-3-4-5-6-7-8-9-10-11-12-13-14-15-16-17-19-24-32-29-37-35-28-23-22-27-34(35)31(2)36(37)30-38(32)39-33-25-20-18-21-26-33/h18,20-23,25-31H,3-17,19,24H2,1-2H3. The maximum absolute atomic E-state index is 2.56. The van der Waals surface area contributed by atoms with Crippen LogP contribution in [0.1, 0.15) is 139 Å². The van der Waals surface area contributed by atoms with Gasteiger partial charge >= 0.3 is 0 Å². The Morgan fingerprint density at radius 1 is 0.538 bits per heavy atom. The molecule has 208 valence electrons. The van der Waals surface area contributed by atoms with Gasteiger partial charge in [0.1, 0.15) is 9.52 Å². The Morgan fingerprint density at radius 2 is 1.08 bits per heavy atom. The second-order valence-corrected chi connectivity index (χ2v) is 13.3. The second kappa shape index (κ2) is 16.9. The number of hydrogen-bond acceptors (Lipinski definition) is 0. The van der Waals surface area contributed by atoms with Gasteiger partial charge in [-0.05, 0) is 40.7 Å². The van der Waals surface area contributed by atoms with Crippen LogP contribution >= 0.6 is 0 Å². The van der Waals surface area contributed by atoms with Gasteiger partial charge in [0, 0.05) is 5.92 Å². The third-order valence-corrected chi connectivity index (χ3v) is 10.2. The SMILES string of the molecule is CCCCCCCCCCCCCCCCCCc1cc2c(cc1[Si]c1ccccc1)C(C)c1ccccc1-2. The molecule has 3 aromatic rings. The first-order chi connectivity index (χ1) is 19.3. The molecule has 1 aliphatic carbocycles. The molecule has 2 radical (unpaired) electrons. The van der Waals surface area contributed by atoms with Crippen molar-refractivity contribution in [2.24, 2.45) is 0 Å². The normalized spacial score (nSPS) is 13.9. The molecule has 0 bridgehead atoms. The quantitative estimate of drug-likeness (QED) is 0.106. The molecule has 1 atom stereocenters. The predicted octanol–water partition coefficient (Wildman–Crippen LogP) is 10.3. The van der Waals surface area contributed by atoms with Crippen LogP contribution in [0.3, 0.4) is 0 Å². The zero-order valence-electron chi connectivity index (χ0n) is 24.9. The summed E-state index contributed by atoms with van der Waals surface area (Å²) in [5, 5.41) is 3.02. The van der Waals surface area contributed by atoms with Crippen LogP contribution in [0.25, 0.3) is 11.1 Å². The Bertz CT molecular complexity index is 1100. The summed E-state index contributed by atoms with van der Waals surface area (Å²) in [6.45, 7) is 4.69. The summed E-state index contributed by atoms with van der Waals surface area (Å²) >= 11 is 0. The third kappa shape index (κ3) is 9.21. The van der Waals surface area contributed by atoms with E-state index in [0.717, 1.165) is 9.52 Å². The summed E-state index contributed by atoms with van der Waals surface area (Å²) in [6, 6.07) is 25.3. The maximum atomic E-state index is 2.56. The fourth-order valence-corrected chi connectivity index (χ4v) is 7.66. The van der Waals surface area contributed by atoms with E-state index < -0.39 is 0 Å². The van der Waals surface area contributed by atoms with Crippen LogP contribution in [0.2, 0.25) is 0 Å². The van der Waals surface area contributed by atoms with Crippen molar-refractivity contribution in [2.75, 3.05) is 0 Å². The maximum Gasteiger partial charge on any atom is 0.121 e. The predicted molar refractivity (Wildman–Crippen MR) is 174 cm³/mol. The van der Waals surface area contributed by atoms with E-state index in [4.69, 9.17) is 0 Å². The van der Waals surface area contributed by atoms with E-state index in [1.807, 2.05) is 0 Å². The van der Waals surface area contributed by atoms with E-state index in [9.17, 15) is 0 Å². The molecule has 0 aromatic heterocycles. The molecule has 0 spiro atoms. The Morgan fingerprint density at radius 3 is 1.69 bits per heavy atom. The summed E-state index contributed by atoms with van der Waals surface area (Å²) < 4.78 is 0. The molecular formula is C38H52Si. The average Bonchev–Trinajstić information content (AvgIpc) is 3.24. The zero-order valence-corrected chi connectivity index (χ0v) is 25.9. The molecule has 0 amide bonds. The molecule has 4 rings (SSSR count). The van der Waals surface area contributed by atoms with Gasteiger partial charge in [-0.3, -0.25) is 0 Å². The molecule has 0 aliphatic heterocycles. The summed E-state index contributed by atoms with van der Waals surface area (Å²) in [5.41, 5.74) is 7.57. The minimum atomic E-state index is 0.500. The van der Waals surface area contributed by atoms with Crippen LogP contribution in [0, 0.1) is 0 Å². The van der Waals surface area contributed by atoms with Gasteiger partial charge in [0.25, 0.3) is 0 Å². The second-order valence-electron chi connectivity index (χ2n) is 11.9. The highest BCUT2D eigenvalue weighted by molar-refractivity contribution is 6.67. The van der Waals surface area contributed by atoms with Crippen molar-refractivity contribution in [1.82, 2.24) is 0 Å². The van der Waals surface area contributed by atoms with Crippen LogP contribution in [0.5, 0.6) is 0 Å². The molecular weight excluding hydrogens is 485 g/mol. The first-order valence-corrected chi connectivity index (χ1v) is 17.4. The molecule has 1 aliphatic rings. The smallest absolute Gasteiger partial charge is 0.0654 e. The van der Waals surface area contributed by atoms with E-state index in [1.165, 1.54) is 137 Å². The van der Waals surface area contributed by atoms with E-state index in [1.54, 1.807) is 10.8 Å². The molecule has 0 saturated carbocycles. The number of aryl methyl sites for hydroxylation is 1. The lowest BCUT2D eigenvalue weighted by Gasteiger charge is -2.15. The van der Waals surface area contributed by atoms with Gasteiger partial charge in [0.05, 0.1) is 0 Å². The van der Waals surface area contributed by atoms with Gasteiger partial charge < -0.3 is 0 Å². The van der Waals surface area contributed by atoms with Gasteiger partial charge in [-0.1, -0.05) is 187 Å². The number of fused-ring (bicyclic) bond motifs is 3. The van der Waals surface area contributed by atoms with E-state index in [-0.39, 0.29) is 0 Å².